The summed E-state index contributed by atoms with van der Waals surface area (Å²) in [6, 6.07) is 14.2. The van der Waals surface area contributed by atoms with Crippen molar-refractivity contribution in [1.82, 2.24) is 10.2 Å². The van der Waals surface area contributed by atoms with Crippen LogP contribution >= 0.6 is 23.2 Å². The molecule has 0 unspecified atom stereocenters. The Bertz CT molecular complexity index is 1100. The smallest absolute Gasteiger partial charge is 0.243 e. The summed E-state index contributed by atoms with van der Waals surface area (Å²) in [5.41, 5.74) is 3.03. The molecule has 1 heterocycles. The quantitative estimate of drug-likeness (QED) is 0.505. The number of hydrogen-bond acceptors (Lipinski definition) is 3. The molecular weight excluding hydrogens is 471 g/mol. The van der Waals surface area contributed by atoms with Crippen LogP contribution in [0.3, 0.4) is 0 Å². The number of halogens is 2. The highest BCUT2D eigenvalue weighted by molar-refractivity contribution is 6.36. The molecule has 1 saturated heterocycles. The molecule has 5 aliphatic rings. The maximum absolute atomic E-state index is 13.9. The van der Waals surface area contributed by atoms with E-state index in [0.717, 1.165) is 52.8 Å². The Kier molecular flexibility index (Phi) is 4.92. The number of nitrogens with one attached hydrogen (secondary N) is 1. The van der Waals surface area contributed by atoms with Gasteiger partial charge in [-0.2, -0.15) is 0 Å². The zero-order chi connectivity index (χ0) is 23.8. The maximum Gasteiger partial charge on any atom is 0.243 e. The van der Waals surface area contributed by atoms with Gasteiger partial charge in [-0.3, -0.25) is 19.3 Å². The standard InChI is InChI=1S/C27H26Cl2N2O3/c1-15(23(32)30-16-9-3-2-4-10-16)31-24(33)21-22(25(31)34)27(29)18-12-6-5-11-17(18)26(21,28)19-13-7-8-14-20(19)27/h5-8,11-16,21-22H,2-4,9-10H2,1H3,(H,30,32)/t15-,21-,22+,26?,27?/m0/s1. The number of carbonyl (C=O) groups is 3. The summed E-state index contributed by atoms with van der Waals surface area (Å²) < 4.78 is 0. The number of amides is 3. The van der Waals surface area contributed by atoms with E-state index in [1.165, 1.54) is 6.42 Å². The number of benzene rings is 2. The summed E-state index contributed by atoms with van der Waals surface area (Å²) in [5, 5.41) is 3.06. The first-order valence-electron chi connectivity index (χ1n) is 12.1. The molecule has 34 heavy (non-hydrogen) atoms. The molecular formula is C27H26Cl2N2O3. The second-order valence-electron chi connectivity index (χ2n) is 10.0. The van der Waals surface area contributed by atoms with Crippen molar-refractivity contribution in [2.24, 2.45) is 11.8 Å². The van der Waals surface area contributed by atoms with Crippen LogP contribution in [0.2, 0.25) is 0 Å². The minimum Gasteiger partial charge on any atom is -0.352 e. The van der Waals surface area contributed by atoms with Crippen LogP contribution in [0, 0.1) is 11.8 Å². The predicted molar refractivity (Wildman–Crippen MR) is 129 cm³/mol. The SMILES string of the molecule is C[C@@H](C(=O)NC1CCCCC1)N1C(=O)[C@@H]2[C@H](C1=O)C1(Cl)c3ccccc3C2(Cl)c2ccccc21. The van der Waals surface area contributed by atoms with Crippen LogP contribution in [-0.4, -0.2) is 34.7 Å². The van der Waals surface area contributed by atoms with E-state index >= 15 is 0 Å². The molecule has 0 radical (unpaired) electrons. The van der Waals surface area contributed by atoms with Gasteiger partial charge in [-0.15, -0.1) is 23.2 Å². The maximum atomic E-state index is 13.9. The van der Waals surface area contributed by atoms with Crippen LogP contribution in [-0.2, 0) is 24.1 Å². The summed E-state index contributed by atoms with van der Waals surface area (Å²) in [6.07, 6.45) is 5.17. The van der Waals surface area contributed by atoms with Crippen LogP contribution in [0.1, 0.15) is 61.3 Å². The van der Waals surface area contributed by atoms with Crippen LogP contribution in [0.4, 0.5) is 0 Å². The van der Waals surface area contributed by atoms with Gasteiger partial charge in [0.2, 0.25) is 17.7 Å². The molecule has 1 N–H and O–H groups in total. The number of alkyl halides is 2. The molecule has 4 aliphatic carbocycles. The number of carbonyl (C=O) groups excluding carboxylic acids is 3. The predicted octanol–water partition coefficient (Wildman–Crippen LogP) is 4.42. The topological polar surface area (TPSA) is 66.5 Å². The third-order valence-electron chi connectivity index (χ3n) is 8.34. The third kappa shape index (κ3) is 2.66. The van der Waals surface area contributed by atoms with Crippen LogP contribution in [0.5, 0.6) is 0 Å². The zero-order valence-electron chi connectivity index (χ0n) is 18.9. The van der Waals surface area contributed by atoms with Crippen molar-refractivity contribution in [3.05, 3.63) is 70.8 Å². The molecule has 0 aromatic heterocycles. The van der Waals surface area contributed by atoms with E-state index in [-0.39, 0.29) is 11.9 Å². The van der Waals surface area contributed by atoms with Gasteiger partial charge in [0.1, 0.15) is 15.8 Å². The van der Waals surface area contributed by atoms with Crippen molar-refractivity contribution in [3.63, 3.8) is 0 Å². The van der Waals surface area contributed by atoms with Gasteiger partial charge < -0.3 is 5.32 Å². The van der Waals surface area contributed by atoms with Crippen molar-refractivity contribution < 1.29 is 14.4 Å². The summed E-state index contributed by atoms with van der Waals surface area (Å²) >= 11 is 14.9. The molecule has 2 aromatic rings. The van der Waals surface area contributed by atoms with Gasteiger partial charge in [0.25, 0.3) is 0 Å². The van der Waals surface area contributed by atoms with Gasteiger partial charge in [-0.05, 0) is 42.0 Å². The van der Waals surface area contributed by atoms with Crippen LogP contribution in [0.25, 0.3) is 0 Å². The molecule has 2 bridgehead atoms. The lowest BCUT2D eigenvalue weighted by Gasteiger charge is -2.54. The van der Waals surface area contributed by atoms with E-state index in [9.17, 15) is 14.4 Å². The fourth-order valence-electron chi connectivity index (χ4n) is 6.76. The second-order valence-corrected chi connectivity index (χ2v) is 11.2. The second kappa shape index (κ2) is 7.56. The first-order chi connectivity index (χ1) is 16.3. The van der Waals surface area contributed by atoms with Crippen molar-refractivity contribution in [1.29, 1.82) is 0 Å². The molecule has 2 fully saturated rings. The summed E-state index contributed by atoms with van der Waals surface area (Å²) in [4.78, 5) is 39.7. The lowest BCUT2D eigenvalue weighted by molar-refractivity contribution is -0.147. The van der Waals surface area contributed by atoms with Crippen LogP contribution in [0.15, 0.2) is 48.5 Å². The Morgan fingerprint density at radius 3 is 1.68 bits per heavy atom. The van der Waals surface area contributed by atoms with Gasteiger partial charge in [0.15, 0.2) is 0 Å². The largest absolute Gasteiger partial charge is 0.352 e. The average Bonchev–Trinajstić information content (AvgIpc) is 3.13. The Balaban J connectivity index is 1.44. The molecule has 1 aliphatic heterocycles. The lowest BCUT2D eigenvalue weighted by atomic mass is 9.54. The molecule has 3 amide bonds. The van der Waals surface area contributed by atoms with Crippen LogP contribution < -0.4 is 5.32 Å². The van der Waals surface area contributed by atoms with Crippen molar-refractivity contribution >= 4 is 40.9 Å². The Morgan fingerprint density at radius 1 is 0.853 bits per heavy atom. The minimum atomic E-state index is -1.23. The van der Waals surface area contributed by atoms with Gasteiger partial charge >= 0.3 is 0 Å². The van der Waals surface area contributed by atoms with Crippen molar-refractivity contribution in [2.75, 3.05) is 0 Å². The van der Waals surface area contributed by atoms with Gasteiger partial charge in [-0.1, -0.05) is 67.8 Å². The molecule has 3 atom stereocenters. The summed E-state index contributed by atoms with van der Waals surface area (Å²) in [6.45, 7) is 1.62. The number of imide groups is 1. The molecule has 1 saturated carbocycles. The minimum absolute atomic E-state index is 0.0854. The molecule has 2 aromatic carbocycles. The fraction of sp³-hybridized carbons (Fsp3) is 0.444. The lowest BCUT2D eigenvalue weighted by Crippen LogP contribution is -2.57. The highest BCUT2D eigenvalue weighted by Gasteiger charge is 2.73. The summed E-state index contributed by atoms with van der Waals surface area (Å²) in [7, 11) is 0. The monoisotopic (exact) mass is 496 g/mol. The van der Waals surface area contributed by atoms with E-state index in [4.69, 9.17) is 23.2 Å². The zero-order valence-corrected chi connectivity index (χ0v) is 20.4. The average molecular weight is 497 g/mol. The van der Waals surface area contributed by atoms with E-state index in [0.29, 0.717) is 0 Å². The van der Waals surface area contributed by atoms with E-state index in [2.05, 4.69) is 5.32 Å². The molecule has 7 rings (SSSR count). The Morgan fingerprint density at radius 2 is 1.26 bits per heavy atom. The normalized spacial score (nSPS) is 32.7. The highest BCUT2D eigenvalue weighted by Crippen LogP contribution is 2.69. The number of likely N-dealkylation sites (tertiary alicyclic amines) is 1. The van der Waals surface area contributed by atoms with Crippen molar-refractivity contribution in [3.8, 4) is 0 Å². The van der Waals surface area contributed by atoms with Gasteiger partial charge in [0.05, 0.1) is 11.8 Å². The first kappa shape index (κ1) is 22.1. The first-order valence-corrected chi connectivity index (χ1v) is 12.8. The van der Waals surface area contributed by atoms with Crippen molar-refractivity contribution in [2.45, 2.75) is 60.9 Å². The van der Waals surface area contributed by atoms with Gasteiger partial charge in [-0.25, -0.2) is 0 Å². The number of nitrogens with zero attached hydrogens (tertiary/aromatic N) is 1. The molecule has 5 nitrogen and oxygen atoms in total. The number of rotatable bonds is 3. The van der Waals surface area contributed by atoms with E-state index < -0.39 is 39.4 Å². The third-order valence-corrected chi connectivity index (χ3v) is 9.62. The molecule has 7 heteroatoms. The van der Waals surface area contributed by atoms with Gasteiger partial charge in [0, 0.05) is 6.04 Å². The fourth-order valence-corrected chi connectivity index (χ4v) is 7.85. The highest BCUT2D eigenvalue weighted by atomic mass is 35.5. The number of hydrogen-bond donors (Lipinski definition) is 1. The Hall–Kier alpha value is -2.37. The molecule has 0 spiro atoms. The summed E-state index contributed by atoms with van der Waals surface area (Å²) in [5.74, 6) is -2.92. The Labute approximate surface area is 208 Å². The molecule has 176 valence electrons. The van der Waals surface area contributed by atoms with E-state index in [1.807, 2.05) is 48.5 Å². The van der Waals surface area contributed by atoms with E-state index in [1.54, 1.807) is 6.92 Å².